The summed E-state index contributed by atoms with van der Waals surface area (Å²) in [6.07, 6.45) is 4.40. The van der Waals surface area contributed by atoms with Crippen LogP contribution in [0.2, 0.25) is 0 Å². The van der Waals surface area contributed by atoms with Crippen LogP contribution in [0.15, 0.2) is 0 Å². The van der Waals surface area contributed by atoms with Crippen molar-refractivity contribution in [2.24, 2.45) is 5.92 Å². The average molecular weight is 156 g/mol. The second-order valence-electron chi connectivity index (χ2n) is 4.77. The lowest BCUT2D eigenvalue weighted by molar-refractivity contribution is -0.0571. The van der Waals surface area contributed by atoms with Crippen molar-refractivity contribution in [3.8, 4) is 0 Å². The van der Waals surface area contributed by atoms with Crippen LogP contribution >= 0.6 is 0 Å². The summed E-state index contributed by atoms with van der Waals surface area (Å²) < 4.78 is 5.87. The first kappa shape index (κ1) is 9.05. The first-order valence-electron chi connectivity index (χ1n) is 4.65. The van der Waals surface area contributed by atoms with Gasteiger partial charge in [0.05, 0.1) is 11.7 Å². The molecule has 66 valence electrons. The van der Waals surface area contributed by atoms with Gasteiger partial charge in [-0.1, -0.05) is 6.92 Å². The number of hydrogen-bond acceptors (Lipinski definition) is 1. The van der Waals surface area contributed by atoms with Gasteiger partial charge >= 0.3 is 0 Å². The van der Waals surface area contributed by atoms with Crippen LogP contribution in [0.3, 0.4) is 0 Å². The summed E-state index contributed by atoms with van der Waals surface area (Å²) in [6.45, 7) is 8.72. The molecule has 1 heteroatoms. The predicted molar refractivity (Wildman–Crippen MR) is 47.6 cm³/mol. The minimum atomic E-state index is 0.0503. The summed E-state index contributed by atoms with van der Waals surface area (Å²) >= 11 is 0. The van der Waals surface area contributed by atoms with Crippen LogP contribution in [0.5, 0.6) is 0 Å². The first-order chi connectivity index (χ1) is 4.97. The Balaban J connectivity index is 2.29. The maximum Gasteiger partial charge on any atom is 0.0602 e. The van der Waals surface area contributed by atoms with Crippen molar-refractivity contribution in [2.75, 3.05) is 0 Å². The number of rotatable bonds is 1. The molecule has 0 N–H and O–H groups in total. The monoisotopic (exact) mass is 156 g/mol. The molecule has 0 aromatic heterocycles. The highest BCUT2D eigenvalue weighted by atomic mass is 16.5. The molecule has 1 nitrogen and oxygen atoms in total. The Morgan fingerprint density at radius 1 is 1.18 bits per heavy atom. The van der Waals surface area contributed by atoms with E-state index in [-0.39, 0.29) is 5.60 Å². The zero-order valence-corrected chi connectivity index (χ0v) is 8.18. The molecule has 0 aromatic rings. The largest absolute Gasteiger partial charge is 0.373 e. The van der Waals surface area contributed by atoms with E-state index in [0.29, 0.717) is 6.10 Å². The molecule has 0 saturated heterocycles. The highest BCUT2D eigenvalue weighted by molar-refractivity contribution is 4.75. The molecular weight excluding hydrogens is 136 g/mol. The molecule has 0 aromatic carbocycles. The van der Waals surface area contributed by atoms with E-state index in [1.54, 1.807) is 0 Å². The van der Waals surface area contributed by atoms with Gasteiger partial charge in [0, 0.05) is 0 Å². The molecule has 0 spiro atoms. The van der Waals surface area contributed by atoms with Crippen LogP contribution in [0.4, 0.5) is 0 Å². The van der Waals surface area contributed by atoms with Crippen molar-refractivity contribution in [2.45, 2.75) is 58.7 Å². The van der Waals surface area contributed by atoms with Crippen LogP contribution in [0.1, 0.15) is 47.0 Å². The lowest BCUT2D eigenvalue weighted by Gasteiger charge is -2.24. The molecule has 1 saturated carbocycles. The zero-order valence-electron chi connectivity index (χ0n) is 8.18. The van der Waals surface area contributed by atoms with E-state index in [0.717, 1.165) is 5.92 Å². The molecule has 11 heavy (non-hydrogen) atoms. The average Bonchev–Trinajstić information content (AvgIpc) is 2.10. The summed E-state index contributed by atoms with van der Waals surface area (Å²) in [5.74, 6) is 0.877. The SMILES string of the molecule is CC1CCC(OC(C)(C)C)C1. The van der Waals surface area contributed by atoms with E-state index < -0.39 is 0 Å². The molecule has 2 atom stereocenters. The molecule has 1 fully saturated rings. The van der Waals surface area contributed by atoms with E-state index in [1.807, 2.05) is 0 Å². The van der Waals surface area contributed by atoms with Gasteiger partial charge in [-0.2, -0.15) is 0 Å². The third-order valence-electron chi connectivity index (χ3n) is 2.17. The first-order valence-corrected chi connectivity index (χ1v) is 4.65. The maximum absolute atomic E-state index is 5.87. The highest BCUT2D eigenvalue weighted by Crippen LogP contribution is 2.29. The summed E-state index contributed by atoms with van der Waals surface area (Å²) in [5.41, 5.74) is 0.0503. The van der Waals surface area contributed by atoms with Gasteiger partial charge in [0.2, 0.25) is 0 Å². The van der Waals surface area contributed by atoms with Crippen molar-refractivity contribution < 1.29 is 4.74 Å². The summed E-state index contributed by atoms with van der Waals surface area (Å²) in [5, 5.41) is 0. The fraction of sp³-hybridized carbons (Fsp3) is 1.00. The van der Waals surface area contributed by atoms with Gasteiger partial charge in [-0.05, 0) is 46.0 Å². The highest BCUT2D eigenvalue weighted by Gasteiger charge is 2.25. The number of ether oxygens (including phenoxy) is 1. The van der Waals surface area contributed by atoms with Gasteiger partial charge in [0.25, 0.3) is 0 Å². The van der Waals surface area contributed by atoms with Gasteiger partial charge in [0.1, 0.15) is 0 Å². The third-order valence-corrected chi connectivity index (χ3v) is 2.17. The van der Waals surface area contributed by atoms with E-state index >= 15 is 0 Å². The third kappa shape index (κ3) is 3.24. The molecule has 0 heterocycles. The van der Waals surface area contributed by atoms with E-state index in [4.69, 9.17) is 4.74 Å². The van der Waals surface area contributed by atoms with Crippen LogP contribution in [-0.4, -0.2) is 11.7 Å². The van der Waals surface area contributed by atoms with Crippen molar-refractivity contribution in [3.05, 3.63) is 0 Å². The quantitative estimate of drug-likeness (QED) is 0.567. The Morgan fingerprint density at radius 3 is 2.18 bits per heavy atom. The molecule has 0 bridgehead atoms. The zero-order chi connectivity index (χ0) is 8.48. The maximum atomic E-state index is 5.87. The molecule has 1 aliphatic rings. The summed E-state index contributed by atoms with van der Waals surface area (Å²) in [4.78, 5) is 0. The predicted octanol–water partition coefficient (Wildman–Crippen LogP) is 2.99. The topological polar surface area (TPSA) is 9.23 Å². The molecule has 1 aliphatic carbocycles. The van der Waals surface area contributed by atoms with E-state index in [1.165, 1.54) is 19.3 Å². The Hall–Kier alpha value is -0.0400. The molecule has 2 unspecified atom stereocenters. The molecule has 0 aliphatic heterocycles. The lowest BCUT2D eigenvalue weighted by atomic mass is 10.1. The van der Waals surface area contributed by atoms with Crippen molar-refractivity contribution in [1.82, 2.24) is 0 Å². The fourth-order valence-electron chi connectivity index (χ4n) is 1.76. The lowest BCUT2D eigenvalue weighted by Crippen LogP contribution is -2.25. The molecule has 0 amide bonds. The van der Waals surface area contributed by atoms with Crippen molar-refractivity contribution in [3.63, 3.8) is 0 Å². The molecule has 1 rings (SSSR count). The smallest absolute Gasteiger partial charge is 0.0602 e. The van der Waals surface area contributed by atoms with Crippen LogP contribution < -0.4 is 0 Å². The van der Waals surface area contributed by atoms with Crippen LogP contribution in [0.25, 0.3) is 0 Å². The second kappa shape index (κ2) is 3.14. The van der Waals surface area contributed by atoms with Gasteiger partial charge in [-0.15, -0.1) is 0 Å². The van der Waals surface area contributed by atoms with E-state index in [2.05, 4.69) is 27.7 Å². The number of hydrogen-bond donors (Lipinski definition) is 0. The minimum absolute atomic E-state index is 0.0503. The Labute approximate surface area is 70.1 Å². The normalized spacial score (nSPS) is 32.7. The summed E-state index contributed by atoms with van der Waals surface area (Å²) in [7, 11) is 0. The Bertz CT molecular complexity index is 123. The standard InChI is InChI=1S/C10H20O/c1-8-5-6-9(7-8)11-10(2,3)4/h8-9H,5-7H2,1-4H3. The van der Waals surface area contributed by atoms with Crippen LogP contribution in [0, 0.1) is 5.92 Å². The van der Waals surface area contributed by atoms with Gasteiger partial charge in [-0.3, -0.25) is 0 Å². The van der Waals surface area contributed by atoms with Gasteiger partial charge < -0.3 is 4.74 Å². The minimum Gasteiger partial charge on any atom is -0.373 e. The Morgan fingerprint density at radius 2 is 1.82 bits per heavy atom. The van der Waals surface area contributed by atoms with Crippen LogP contribution in [-0.2, 0) is 4.74 Å². The fourth-order valence-corrected chi connectivity index (χ4v) is 1.76. The Kier molecular flexibility index (Phi) is 2.58. The van der Waals surface area contributed by atoms with Gasteiger partial charge in [-0.25, -0.2) is 0 Å². The second-order valence-corrected chi connectivity index (χ2v) is 4.77. The van der Waals surface area contributed by atoms with Crippen molar-refractivity contribution in [1.29, 1.82) is 0 Å². The molecular formula is C10H20O. The summed E-state index contributed by atoms with van der Waals surface area (Å²) in [6, 6.07) is 0. The van der Waals surface area contributed by atoms with Gasteiger partial charge in [0.15, 0.2) is 0 Å². The van der Waals surface area contributed by atoms with Crippen molar-refractivity contribution >= 4 is 0 Å². The van der Waals surface area contributed by atoms with E-state index in [9.17, 15) is 0 Å². The molecule has 0 radical (unpaired) electrons.